The van der Waals surface area contributed by atoms with Crippen molar-refractivity contribution in [1.29, 1.82) is 0 Å². The minimum absolute atomic E-state index is 0.0759. The fourth-order valence-corrected chi connectivity index (χ4v) is 2.53. The zero-order valence-corrected chi connectivity index (χ0v) is 12.6. The van der Waals surface area contributed by atoms with Crippen LogP contribution < -0.4 is 5.32 Å². The number of nitrogens with one attached hydrogen (secondary N) is 1. The van der Waals surface area contributed by atoms with E-state index in [1.54, 1.807) is 12.1 Å². The van der Waals surface area contributed by atoms with Gasteiger partial charge in [-0.25, -0.2) is 4.39 Å². The second kappa shape index (κ2) is 7.91. The maximum absolute atomic E-state index is 13.6. The lowest BCUT2D eigenvalue weighted by Crippen LogP contribution is -2.28. The lowest BCUT2D eigenvalue weighted by Gasteiger charge is -2.28. The largest absolute Gasteiger partial charge is 0.372 e. The first-order valence-electron chi connectivity index (χ1n) is 7.41. The average Bonchev–Trinajstić information content (AvgIpc) is 2.51. The van der Waals surface area contributed by atoms with Gasteiger partial charge in [0.05, 0.1) is 6.04 Å². The molecule has 2 aromatic rings. The number of rotatable bonds is 7. The van der Waals surface area contributed by atoms with Crippen molar-refractivity contribution in [3.05, 3.63) is 71.5 Å². The number of hydrogen-bond donors (Lipinski definition) is 1. The lowest BCUT2D eigenvalue weighted by molar-refractivity contribution is 0.0330. The standard InChI is InChI=1S/C18H22FNO/c1-3-20-17(15-11-8-12-16(19)13-15)18(21-4-2)14-9-6-5-7-10-14/h5-13,17-18,20H,3-4H2,1-2H3. The Morgan fingerprint density at radius 3 is 2.33 bits per heavy atom. The van der Waals surface area contributed by atoms with Crippen LogP contribution in [-0.4, -0.2) is 13.2 Å². The van der Waals surface area contributed by atoms with E-state index < -0.39 is 0 Å². The molecule has 0 bridgehead atoms. The molecule has 112 valence electrons. The zero-order chi connectivity index (χ0) is 15.1. The molecule has 2 unspecified atom stereocenters. The number of likely N-dealkylation sites (N-methyl/N-ethyl adjacent to an activating group) is 1. The molecule has 3 heteroatoms. The van der Waals surface area contributed by atoms with Crippen LogP contribution in [0.1, 0.15) is 37.1 Å². The SMILES string of the molecule is CCNC(c1cccc(F)c1)C(OCC)c1ccccc1. The van der Waals surface area contributed by atoms with E-state index in [1.807, 2.05) is 50.2 Å². The summed E-state index contributed by atoms with van der Waals surface area (Å²) in [5.74, 6) is -0.223. The van der Waals surface area contributed by atoms with Crippen molar-refractivity contribution < 1.29 is 9.13 Å². The number of halogens is 1. The van der Waals surface area contributed by atoms with Crippen LogP contribution in [-0.2, 0) is 4.74 Å². The number of benzene rings is 2. The molecule has 0 saturated heterocycles. The molecule has 0 aliphatic heterocycles. The third-order valence-corrected chi connectivity index (χ3v) is 3.41. The molecule has 0 amide bonds. The summed E-state index contributed by atoms with van der Waals surface area (Å²) in [6, 6.07) is 16.7. The van der Waals surface area contributed by atoms with Crippen molar-refractivity contribution in [3.8, 4) is 0 Å². The summed E-state index contributed by atoms with van der Waals surface area (Å²) >= 11 is 0. The van der Waals surface area contributed by atoms with Gasteiger partial charge >= 0.3 is 0 Å². The number of ether oxygens (including phenoxy) is 1. The van der Waals surface area contributed by atoms with Crippen molar-refractivity contribution in [2.45, 2.75) is 26.0 Å². The molecule has 0 radical (unpaired) electrons. The van der Waals surface area contributed by atoms with Crippen LogP contribution in [0.5, 0.6) is 0 Å². The highest BCUT2D eigenvalue weighted by Crippen LogP contribution is 2.32. The Kier molecular flexibility index (Phi) is 5.90. The van der Waals surface area contributed by atoms with Gasteiger partial charge in [-0.05, 0) is 36.7 Å². The molecule has 0 aliphatic rings. The molecule has 0 heterocycles. The third-order valence-electron chi connectivity index (χ3n) is 3.41. The maximum atomic E-state index is 13.6. The highest BCUT2D eigenvalue weighted by Gasteiger charge is 2.24. The molecule has 21 heavy (non-hydrogen) atoms. The molecule has 2 rings (SSSR count). The van der Waals surface area contributed by atoms with Gasteiger partial charge in [0.1, 0.15) is 11.9 Å². The molecule has 2 atom stereocenters. The molecular formula is C18H22FNO. The second-order valence-electron chi connectivity index (χ2n) is 4.88. The summed E-state index contributed by atoms with van der Waals surface area (Å²) in [6.07, 6.45) is -0.141. The Hall–Kier alpha value is -1.71. The normalized spacial score (nSPS) is 13.9. The van der Waals surface area contributed by atoms with E-state index in [1.165, 1.54) is 6.07 Å². The minimum atomic E-state index is -0.223. The van der Waals surface area contributed by atoms with Gasteiger partial charge in [0.25, 0.3) is 0 Å². The fourth-order valence-electron chi connectivity index (χ4n) is 2.53. The summed E-state index contributed by atoms with van der Waals surface area (Å²) in [6.45, 7) is 5.42. The summed E-state index contributed by atoms with van der Waals surface area (Å²) in [5.41, 5.74) is 1.99. The minimum Gasteiger partial charge on any atom is -0.372 e. The van der Waals surface area contributed by atoms with E-state index in [9.17, 15) is 4.39 Å². The van der Waals surface area contributed by atoms with Gasteiger partial charge in [-0.2, -0.15) is 0 Å². The highest BCUT2D eigenvalue weighted by atomic mass is 19.1. The highest BCUT2D eigenvalue weighted by molar-refractivity contribution is 5.27. The van der Waals surface area contributed by atoms with Crippen LogP contribution in [0.15, 0.2) is 54.6 Å². The van der Waals surface area contributed by atoms with Crippen LogP contribution in [0.3, 0.4) is 0 Å². The summed E-state index contributed by atoms with van der Waals surface area (Å²) < 4.78 is 19.5. The molecule has 0 fully saturated rings. The number of hydrogen-bond acceptors (Lipinski definition) is 2. The predicted octanol–water partition coefficient (Wildman–Crippen LogP) is 4.25. The van der Waals surface area contributed by atoms with Crippen molar-refractivity contribution in [2.24, 2.45) is 0 Å². The molecular weight excluding hydrogens is 265 g/mol. The molecule has 0 saturated carbocycles. The Bertz CT molecular complexity index is 544. The van der Waals surface area contributed by atoms with Crippen LogP contribution in [0, 0.1) is 5.82 Å². The van der Waals surface area contributed by atoms with Gasteiger partial charge in [0.15, 0.2) is 0 Å². The van der Waals surface area contributed by atoms with Gasteiger partial charge in [0, 0.05) is 6.61 Å². The van der Waals surface area contributed by atoms with Gasteiger partial charge in [0.2, 0.25) is 0 Å². The van der Waals surface area contributed by atoms with Crippen LogP contribution >= 0.6 is 0 Å². The van der Waals surface area contributed by atoms with Gasteiger partial charge in [-0.15, -0.1) is 0 Å². The Morgan fingerprint density at radius 1 is 1.00 bits per heavy atom. The summed E-state index contributed by atoms with van der Waals surface area (Å²) in [4.78, 5) is 0. The first-order chi connectivity index (χ1) is 10.3. The molecule has 2 nitrogen and oxygen atoms in total. The first-order valence-corrected chi connectivity index (χ1v) is 7.41. The Balaban J connectivity index is 2.37. The van der Waals surface area contributed by atoms with E-state index in [0.717, 1.165) is 17.7 Å². The first kappa shape index (κ1) is 15.7. The van der Waals surface area contributed by atoms with E-state index in [0.29, 0.717) is 6.61 Å². The molecule has 1 N–H and O–H groups in total. The zero-order valence-electron chi connectivity index (χ0n) is 12.6. The Labute approximate surface area is 126 Å². The molecule has 2 aromatic carbocycles. The van der Waals surface area contributed by atoms with Crippen molar-refractivity contribution in [3.63, 3.8) is 0 Å². The fraction of sp³-hybridized carbons (Fsp3) is 0.333. The van der Waals surface area contributed by atoms with Gasteiger partial charge < -0.3 is 10.1 Å². The van der Waals surface area contributed by atoms with Gasteiger partial charge in [-0.3, -0.25) is 0 Å². The van der Waals surface area contributed by atoms with Crippen molar-refractivity contribution in [2.75, 3.05) is 13.2 Å². The van der Waals surface area contributed by atoms with Crippen molar-refractivity contribution >= 4 is 0 Å². The van der Waals surface area contributed by atoms with Crippen LogP contribution in [0.2, 0.25) is 0 Å². The van der Waals surface area contributed by atoms with Crippen LogP contribution in [0.25, 0.3) is 0 Å². The van der Waals surface area contributed by atoms with E-state index in [2.05, 4.69) is 5.32 Å². The monoisotopic (exact) mass is 287 g/mol. The average molecular weight is 287 g/mol. The quantitative estimate of drug-likeness (QED) is 0.822. The molecule has 0 aliphatic carbocycles. The summed E-state index contributed by atoms with van der Waals surface area (Å²) in [5, 5.41) is 3.42. The predicted molar refractivity (Wildman–Crippen MR) is 83.6 cm³/mol. The molecule has 0 spiro atoms. The summed E-state index contributed by atoms with van der Waals surface area (Å²) in [7, 11) is 0. The maximum Gasteiger partial charge on any atom is 0.123 e. The molecule has 0 aromatic heterocycles. The van der Waals surface area contributed by atoms with Crippen LogP contribution in [0.4, 0.5) is 4.39 Å². The van der Waals surface area contributed by atoms with Crippen molar-refractivity contribution in [1.82, 2.24) is 5.32 Å². The van der Waals surface area contributed by atoms with E-state index in [-0.39, 0.29) is 18.0 Å². The smallest absolute Gasteiger partial charge is 0.123 e. The van der Waals surface area contributed by atoms with E-state index >= 15 is 0 Å². The van der Waals surface area contributed by atoms with E-state index in [4.69, 9.17) is 4.74 Å². The topological polar surface area (TPSA) is 21.3 Å². The lowest BCUT2D eigenvalue weighted by atomic mass is 9.95. The third kappa shape index (κ3) is 4.13. The Morgan fingerprint density at radius 2 is 1.71 bits per heavy atom. The second-order valence-corrected chi connectivity index (χ2v) is 4.88. The van der Waals surface area contributed by atoms with Gasteiger partial charge in [-0.1, -0.05) is 49.4 Å².